The molecule has 5 rings (SSSR count). The molecule has 1 aliphatic carbocycles. The number of carbonyl (C=O) groups is 1. The molecule has 0 atom stereocenters. The van der Waals surface area contributed by atoms with Crippen LogP contribution in [0, 0.1) is 0 Å². The van der Waals surface area contributed by atoms with Gasteiger partial charge in [-0.15, -0.1) is 0 Å². The van der Waals surface area contributed by atoms with Crippen molar-refractivity contribution in [2.75, 3.05) is 0 Å². The number of para-hydroxylation sites is 1. The number of benzene rings is 3. The molecule has 0 spiro atoms. The molecular weight excluding hydrogens is 282 g/mol. The van der Waals surface area contributed by atoms with Crippen LogP contribution in [0.4, 0.5) is 0 Å². The summed E-state index contributed by atoms with van der Waals surface area (Å²) in [4.78, 5) is 16.9. The van der Waals surface area contributed by atoms with Crippen molar-refractivity contribution in [1.29, 1.82) is 0 Å². The minimum absolute atomic E-state index is 0.195. The number of Topliss-reactive ketones (excluding diaryl/α,β-unsaturated/α-hetero) is 1. The number of fused-ring (bicyclic) bond motifs is 6. The second-order valence-electron chi connectivity index (χ2n) is 5.96. The lowest BCUT2D eigenvalue weighted by Gasteiger charge is -2.14. The van der Waals surface area contributed by atoms with E-state index in [1.807, 2.05) is 30.3 Å². The van der Waals surface area contributed by atoms with Gasteiger partial charge in [-0.3, -0.25) is 4.79 Å². The molecule has 0 bridgehead atoms. The number of carbonyl (C=O) groups excluding carboxylic acids is 1. The highest BCUT2D eigenvalue weighted by Crippen LogP contribution is 2.33. The van der Waals surface area contributed by atoms with Crippen LogP contribution in [-0.2, 0) is 0 Å². The molecule has 3 aromatic carbocycles. The summed E-state index contributed by atoms with van der Waals surface area (Å²) in [5.41, 5.74) is 3.86. The average Bonchev–Trinajstić information content (AvgIpc) is 2.60. The number of nitrogens with zero attached hydrogens (tertiary/aromatic N) is 1. The monoisotopic (exact) mass is 295 g/mol. The van der Waals surface area contributed by atoms with Crippen LogP contribution in [0.15, 0.2) is 60.7 Å². The van der Waals surface area contributed by atoms with Gasteiger partial charge in [0.2, 0.25) is 0 Å². The Labute approximate surface area is 133 Å². The Morgan fingerprint density at radius 1 is 0.826 bits per heavy atom. The first kappa shape index (κ1) is 12.5. The lowest BCUT2D eigenvalue weighted by Crippen LogP contribution is -2.04. The summed E-state index contributed by atoms with van der Waals surface area (Å²) >= 11 is 0. The SMILES string of the molecule is O=C1CC=Cc2c1ccc1c2ccc2nc3ccccc3cc21. The average molecular weight is 295 g/mol. The molecule has 2 heteroatoms. The fourth-order valence-electron chi connectivity index (χ4n) is 3.50. The van der Waals surface area contributed by atoms with Gasteiger partial charge in [0.05, 0.1) is 11.0 Å². The van der Waals surface area contributed by atoms with Crippen LogP contribution in [0.2, 0.25) is 0 Å². The summed E-state index contributed by atoms with van der Waals surface area (Å²) in [6, 6.07) is 18.5. The number of allylic oxidation sites excluding steroid dienone is 1. The first-order valence-electron chi connectivity index (χ1n) is 7.76. The highest BCUT2D eigenvalue weighted by molar-refractivity contribution is 6.15. The van der Waals surface area contributed by atoms with Crippen molar-refractivity contribution in [2.45, 2.75) is 6.42 Å². The van der Waals surface area contributed by atoms with Crippen molar-refractivity contribution in [3.63, 3.8) is 0 Å². The van der Waals surface area contributed by atoms with Crippen LogP contribution in [-0.4, -0.2) is 10.8 Å². The van der Waals surface area contributed by atoms with Gasteiger partial charge in [0.1, 0.15) is 0 Å². The van der Waals surface area contributed by atoms with E-state index in [1.54, 1.807) is 0 Å². The van der Waals surface area contributed by atoms with Gasteiger partial charge in [0, 0.05) is 22.8 Å². The van der Waals surface area contributed by atoms with Gasteiger partial charge >= 0.3 is 0 Å². The van der Waals surface area contributed by atoms with Crippen LogP contribution >= 0.6 is 0 Å². The molecule has 0 radical (unpaired) electrons. The summed E-state index contributed by atoms with van der Waals surface area (Å²) in [7, 11) is 0. The molecular formula is C21H13NO. The van der Waals surface area contributed by atoms with Crippen LogP contribution in [0.25, 0.3) is 38.7 Å². The maximum Gasteiger partial charge on any atom is 0.167 e. The summed E-state index contributed by atoms with van der Waals surface area (Å²) < 4.78 is 0. The highest BCUT2D eigenvalue weighted by atomic mass is 16.1. The Morgan fingerprint density at radius 2 is 1.70 bits per heavy atom. The van der Waals surface area contributed by atoms with E-state index >= 15 is 0 Å². The van der Waals surface area contributed by atoms with E-state index in [-0.39, 0.29) is 5.78 Å². The zero-order valence-electron chi connectivity index (χ0n) is 12.4. The number of ketones is 1. The molecule has 23 heavy (non-hydrogen) atoms. The Hall–Kier alpha value is -3.00. The molecule has 0 fully saturated rings. The third-order valence-corrected chi connectivity index (χ3v) is 4.63. The summed E-state index contributed by atoms with van der Waals surface area (Å²) in [6.07, 6.45) is 4.52. The molecule has 0 N–H and O–H groups in total. The first-order chi connectivity index (χ1) is 11.3. The molecule has 1 aromatic heterocycles. The largest absolute Gasteiger partial charge is 0.294 e. The molecule has 0 saturated heterocycles. The minimum Gasteiger partial charge on any atom is -0.294 e. The summed E-state index contributed by atoms with van der Waals surface area (Å²) in [6.45, 7) is 0. The number of hydrogen-bond donors (Lipinski definition) is 0. The Balaban J connectivity index is 1.95. The lowest BCUT2D eigenvalue weighted by molar-refractivity contribution is 0.0994. The number of rotatable bonds is 0. The van der Waals surface area contributed by atoms with Crippen molar-refractivity contribution in [3.8, 4) is 0 Å². The van der Waals surface area contributed by atoms with Crippen molar-refractivity contribution in [1.82, 2.24) is 4.98 Å². The van der Waals surface area contributed by atoms with E-state index in [9.17, 15) is 4.79 Å². The zero-order valence-corrected chi connectivity index (χ0v) is 12.4. The summed E-state index contributed by atoms with van der Waals surface area (Å²) in [5.74, 6) is 0.195. The van der Waals surface area contributed by atoms with Gasteiger partial charge in [0.25, 0.3) is 0 Å². The molecule has 1 aliphatic rings. The first-order valence-corrected chi connectivity index (χ1v) is 7.76. The third-order valence-electron chi connectivity index (χ3n) is 4.63. The molecule has 0 aliphatic heterocycles. The van der Waals surface area contributed by atoms with Crippen molar-refractivity contribution < 1.29 is 4.79 Å². The predicted molar refractivity (Wildman–Crippen MR) is 94.7 cm³/mol. The highest BCUT2D eigenvalue weighted by Gasteiger charge is 2.16. The van der Waals surface area contributed by atoms with E-state index in [1.165, 1.54) is 0 Å². The van der Waals surface area contributed by atoms with Crippen LogP contribution < -0.4 is 0 Å². The van der Waals surface area contributed by atoms with E-state index in [4.69, 9.17) is 4.98 Å². The minimum atomic E-state index is 0.195. The van der Waals surface area contributed by atoms with Gasteiger partial charge in [-0.05, 0) is 34.5 Å². The Morgan fingerprint density at radius 3 is 2.65 bits per heavy atom. The molecule has 4 aromatic rings. The fourth-order valence-corrected chi connectivity index (χ4v) is 3.50. The maximum atomic E-state index is 12.1. The third kappa shape index (κ3) is 1.75. The fraction of sp³-hybridized carbons (Fsp3) is 0.0476. The van der Waals surface area contributed by atoms with Crippen LogP contribution in [0.5, 0.6) is 0 Å². The van der Waals surface area contributed by atoms with Gasteiger partial charge in [-0.1, -0.05) is 48.6 Å². The number of aromatic nitrogens is 1. The Bertz CT molecular complexity index is 1150. The molecule has 0 amide bonds. The number of hydrogen-bond acceptors (Lipinski definition) is 2. The lowest BCUT2D eigenvalue weighted by atomic mass is 9.90. The van der Waals surface area contributed by atoms with E-state index in [0.29, 0.717) is 6.42 Å². The second-order valence-corrected chi connectivity index (χ2v) is 5.96. The molecule has 108 valence electrons. The van der Waals surface area contributed by atoms with Crippen molar-refractivity contribution in [3.05, 3.63) is 71.8 Å². The van der Waals surface area contributed by atoms with Crippen LogP contribution in [0.1, 0.15) is 22.3 Å². The standard InChI is InChI=1S/C21H13NO/c23-21-7-3-5-14-15-10-11-20-18(16(15)8-9-17(14)21)12-13-4-1-2-6-19(13)22-20/h1-6,8-12H,7H2. The van der Waals surface area contributed by atoms with E-state index in [2.05, 4.69) is 36.4 Å². The molecule has 2 nitrogen and oxygen atoms in total. The van der Waals surface area contributed by atoms with Gasteiger partial charge in [0.15, 0.2) is 5.78 Å². The normalized spacial score (nSPS) is 13.8. The smallest absolute Gasteiger partial charge is 0.167 e. The molecule has 1 heterocycles. The number of pyridine rings is 1. The van der Waals surface area contributed by atoms with Crippen LogP contribution in [0.3, 0.4) is 0 Å². The van der Waals surface area contributed by atoms with Crippen molar-refractivity contribution >= 4 is 44.4 Å². The molecule has 0 unspecified atom stereocenters. The predicted octanol–water partition coefficient (Wildman–Crippen LogP) is 5.14. The van der Waals surface area contributed by atoms with Gasteiger partial charge in [-0.2, -0.15) is 0 Å². The quantitative estimate of drug-likeness (QED) is 0.332. The van der Waals surface area contributed by atoms with E-state index in [0.717, 1.165) is 43.7 Å². The maximum absolute atomic E-state index is 12.1. The van der Waals surface area contributed by atoms with E-state index < -0.39 is 0 Å². The Kier molecular flexibility index (Phi) is 2.45. The molecule has 0 saturated carbocycles. The van der Waals surface area contributed by atoms with Crippen molar-refractivity contribution in [2.24, 2.45) is 0 Å². The topological polar surface area (TPSA) is 30.0 Å². The zero-order chi connectivity index (χ0) is 15.4. The van der Waals surface area contributed by atoms with Gasteiger partial charge in [-0.25, -0.2) is 4.98 Å². The second kappa shape index (κ2) is 4.50. The van der Waals surface area contributed by atoms with Gasteiger partial charge < -0.3 is 0 Å². The summed E-state index contributed by atoms with van der Waals surface area (Å²) in [5, 5.41) is 4.54.